The van der Waals surface area contributed by atoms with Gasteiger partial charge in [-0.25, -0.2) is 5.10 Å². The molecule has 178 valence electrons. The van der Waals surface area contributed by atoms with E-state index >= 15 is 0 Å². The summed E-state index contributed by atoms with van der Waals surface area (Å²) in [7, 11) is 0. The Morgan fingerprint density at radius 3 is 2.45 bits per heavy atom. The predicted molar refractivity (Wildman–Crippen MR) is 127 cm³/mol. The SMILES string of the molecule is O=C(O)CCSC(c1occc1CCCCCCCCc1ccccc1)C(O)c1nnn[nH]1. The average molecular weight is 473 g/mol. The van der Waals surface area contributed by atoms with Crippen molar-refractivity contribution >= 4 is 17.7 Å². The number of carboxylic acids is 1. The maximum absolute atomic E-state index is 10.9. The smallest absolute Gasteiger partial charge is 0.304 e. The molecule has 2 heterocycles. The van der Waals surface area contributed by atoms with E-state index in [-0.39, 0.29) is 12.2 Å². The Kier molecular flexibility index (Phi) is 10.4. The summed E-state index contributed by atoms with van der Waals surface area (Å²) >= 11 is 1.34. The molecule has 8 nitrogen and oxygen atoms in total. The number of nitrogens with one attached hydrogen (secondary N) is 1. The van der Waals surface area contributed by atoms with Crippen LogP contribution in [0.2, 0.25) is 0 Å². The van der Waals surface area contributed by atoms with Crippen molar-refractivity contribution in [1.82, 2.24) is 20.6 Å². The molecule has 2 unspecified atom stereocenters. The molecule has 33 heavy (non-hydrogen) atoms. The number of carboxylic acid groups (broad SMARTS) is 1. The number of hydrogen-bond donors (Lipinski definition) is 3. The number of unbranched alkanes of at least 4 members (excludes halogenated alkanes) is 5. The van der Waals surface area contributed by atoms with Crippen molar-refractivity contribution in [3.8, 4) is 0 Å². The molecule has 0 saturated heterocycles. The number of thioether (sulfide) groups is 1. The van der Waals surface area contributed by atoms with E-state index in [4.69, 9.17) is 9.52 Å². The zero-order chi connectivity index (χ0) is 23.3. The van der Waals surface area contributed by atoms with Crippen LogP contribution in [0, 0.1) is 0 Å². The number of benzene rings is 1. The number of aromatic amines is 1. The highest BCUT2D eigenvalue weighted by atomic mass is 32.2. The van der Waals surface area contributed by atoms with Crippen LogP contribution in [0.4, 0.5) is 0 Å². The van der Waals surface area contributed by atoms with E-state index in [1.54, 1.807) is 6.26 Å². The quantitative estimate of drug-likeness (QED) is 0.251. The number of aliphatic hydroxyl groups excluding tert-OH is 1. The van der Waals surface area contributed by atoms with E-state index in [1.165, 1.54) is 43.0 Å². The summed E-state index contributed by atoms with van der Waals surface area (Å²) in [6.07, 6.45) is 9.68. The fourth-order valence-corrected chi connectivity index (χ4v) is 5.03. The Bertz CT molecular complexity index is 933. The Morgan fingerprint density at radius 2 is 1.76 bits per heavy atom. The first-order valence-corrected chi connectivity index (χ1v) is 12.6. The maximum atomic E-state index is 10.9. The van der Waals surface area contributed by atoms with Gasteiger partial charge in [0.2, 0.25) is 0 Å². The largest absolute Gasteiger partial charge is 0.481 e. The molecule has 0 aliphatic rings. The van der Waals surface area contributed by atoms with Gasteiger partial charge in [-0.2, -0.15) is 0 Å². The minimum Gasteiger partial charge on any atom is -0.481 e. The number of H-pyrrole nitrogens is 1. The fourth-order valence-electron chi connectivity index (χ4n) is 3.82. The highest BCUT2D eigenvalue weighted by Crippen LogP contribution is 2.41. The molecule has 0 bridgehead atoms. The Morgan fingerprint density at radius 1 is 1.03 bits per heavy atom. The van der Waals surface area contributed by atoms with E-state index in [2.05, 4.69) is 51.0 Å². The van der Waals surface area contributed by atoms with Crippen LogP contribution in [0.1, 0.15) is 79.0 Å². The zero-order valence-corrected chi connectivity index (χ0v) is 19.5. The predicted octanol–water partition coefficient (Wildman–Crippen LogP) is 4.90. The molecule has 2 atom stereocenters. The van der Waals surface area contributed by atoms with Crippen LogP contribution in [0.5, 0.6) is 0 Å². The minimum atomic E-state index is -1.02. The van der Waals surface area contributed by atoms with Gasteiger partial charge in [0.1, 0.15) is 11.9 Å². The van der Waals surface area contributed by atoms with E-state index in [0.717, 1.165) is 31.2 Å². The standard InChI is InChI=1S/C24H32N4O4S/c29-20(30)15-17-33-23(21(31)24-25-27-28-26-24)22-19(14-16-32-22)13-9-4-2-1-3-6-10-18-11-7-5-8-12-18/h5,7-8,11-12,14,16,21,23,31H,1-4,6,9-10,13,15,17H2,(H,29,30)(H,25,26,27,28). The van der Waals surface area contributed by atoms with Gasteiger partial charge in [0.25, 0.3) is 0 Å². The van der Waals surface area contributed by atoms with Crippen molar-refractivity contribution < 1.29 is 19.4 Å². The van der Waals surface area contributed by atoms with E-state index < -0.39 is 17.3 Å². The molecule has 0 saturated carbocycles. The first-order chi connectivity index (χ1) is 16.1. The Balaban J connectivity index is 1.44. The third-order valence-electron chi connectivity index (χ3n) is 5.59. The molecule has 0 aliphatic carbocycles. The number of aryl methyl sites for hydroxylation is 2. The molecule has 0 fully saturated rings. The van der Waals surface area contributed by atoms with Gasteiger partial charge in [-0.05, 0) is 53.3 Å². The molecule has 1 aromatic carbocycles. The molecular formula is C24H32N4O4S. The molecule has 0 spiro atoms. The van der Waals surface area contributed by atoms with Crippen molar-refractivity contribution in [3.05, 3.63) is 65.4 Å². The van der Waals surface area contributed by atoms with Crippen molar-refractivity contribution in [3.63, 3.8) is 0 Å². The third-order valence-corrected chi connectivity index (χ3v) is 6.86. The number of hydrogen-bond acceptors (Lipinski definition) is 7. The van der Waals surface area contributed by atoms with Crippen LogP contribution in [0.3, 0.4) is 0 Å². The number of aromatic nitrogens is 4. The molecule has 0 aliphatic heterocycles. The molecule has 2 aromatic heterocycles. The van der Waals surface area contributed by atoms with E-state index in [9.17, 15) is 9.90 Å². The third kappa shape index (κ3) is 8.33. The average Bonchev–Trinajstić information content (AvgIpc) is 3.51. The van der Waals surface area contributed by atoms with Gasteiger partial charge in [-0.1, -0.05) is 56.0 Å². The summed E-state index contributed by atoms with van der Waals surface area (Å²) < 4.78 is 5.74. The van der Waals surface area contributed by atoms with E-state index in [1.807, 2.05) is 6.07 Å². The normalized spacial score (nSPS) is 13.1. The van der Waals surface area contributed by atoms with Crippen LogP contribution >= 0.6 is 11.8 Å². The first-order valence-electron chi connectivity index (χ1n) is 11.5. The zero-order valence-electron chi connectivity index (χ0n) is 18.7. The van der Waals surface area contributed by atoms with Crippen molar-refractivity contribution in [2.45, 2.75) is 69.1 Å². The monoisotopic (exact) mass is 472 g/mol. The second-order valence-electron chi connectivity index (χ2n) is 8.08. The summed E-state index contributed by atoms with van der Waals surface area (Å²) in [5.74, 6) is 0.375. The van der Waals surface area contributed by atoms with Crippen molar-refractivity contribution in [2.75, 3.05) is 5.75 Å². The summed E-state index contributed by atoms with van der Waals surface area (Å²) in [4.78, 5) is 10.9. The van der Waals surface area contributed by atoms with Crippen LogP contribution in [-0.4, -0.2) is 42.6 Å². The first kappa shape index (κ1) is 25.0. The topological polar surface area (TPSA) is 125 Å². The lowest BCUT2D eigenvalue weighted by molar-refractivity contribution is -0.136. The van der Waals surface area contributed by atoms with E-state index in [0.29, 0.717) is 11.5 Å². The minimum absolute atomic E-state index is 0.00283. The highest BCUT2D eigenvalue weighted by Gasteiger charge is 2.30. The maximum Gasteiger partial charge on any atom is 0.304 e. The van der Waals surface area contributed by atoms with Gasteiger partial charge in [-0.15, -0.1) is 16.9 Å². The number of tetrazole rings is 1. The van der Waals surface area contributed by atoms with Gasteiger partial charge >= 0.3 is 5.97 Å². The molecule has 3 N–H and O–H groups in total. The summed E-state index contributed by atoms with van der Waals surface area (Å²) in [5, 5.41) is 32.8. The highest BCUT2D eigenvalue weighted by molar-refractivity contribution is 7.99. The number of aliphatic hydroxyl groups is 1. The molecule has 0 radical (unpaired) electrons. The van der Waals surface area contributed by atoms with Gasteiger partial charge in [0, 0.05) is 5.75 Å². The molecular weight excluding hydrogens is 440 g/mol. The second-order valence-corrected chi connectivity index (χ2v) is 9.33. The molecule has 3 rings (SSSR count). The van der Waals surface area contributed by atoms with Crippen LogP contribution in [0.15, 0.2) is 47.1 Å². The van der Waals surface area contributed by atoms with Crippen molar-refractivity contribution in [1.29, 1.82) is 0 Å². The fraction of sp³-hybridized carbons (Fsp3) is 0.500. The number of aliphatic carboxylic acids is 1. The van der Waals surface area contributed by atoms with Gasteiger partial charge < -0.3 is 14.6 Å². The Labute approximate surface area is 198 Å². The number of furan rings is 1. The van der Waals surface area contributed by atoms with Crippen LogP contribution in [-0.2, 0) is 17.6 Å². The number of carbonyl (C=O) groups is 1. The molecule has 9 heteroatoms. The summed E-state index contributed by atoms with van der Waals surface area (Å²) in [5.41, 5.74) is 2.45. The Hall–Kier alpha value is -2.65. The van der Waals surface area contributed by atoms with Crippen molar-refractivity contribution in [2.24, 2.45) is 0 Å². The van der Waals surface area contributed by atoms with Crippen LogP contribution < -0.4 is 0 Å². The summed E-state index contributed by atoms with van der Waals surface area (Å²) in [6, 6.07) is 12.5. The molecule has 0 amide bonds. The number of nitrogens with zero attached hydrogens (tertiary/aromatic N) is 3. The second kappa shape index (κ2) is 13.8. The van der Waals surface area contributed by atoms with Crippen LogP contribution in [0.25, 0.3) is 0 Å². The molecule has 3 aromatic rings. The van der Waals surface area contributed by atoms with Gasteiger partial charge in [0.05, 0.1) is 17.9 Å². The lowest BCUT2D eigenvalue weighted by Gasteiger charge is -2.20. The lowest BCUT2D eigenvalue weighted by atomic mass is 10.0. The lowest BCUT2D eigenvalue weighted by Crippen LogP contribution is -2.12. The summed E-state index contributed by atoms with van der Waals surface area (Å²) in [6.45, 7) is 0. The number of rotatable bonds is 16. The van der Waals surface area contributed by atoms with Gasteiger partial charge in [0.15, 0.2) is 5.82 Å². The van der Waals surface area contributed by atoms with Gasteiger partial charge in [-0.3, -0.25) is 4.79 Å².